The number of para-hydroxylation sites is 1. The Morgan fingerprint density at radius 2 is 1.46 bits per heavy atom. The Bertz CT molecular complexity index is 1510. The van der Waals surface area contributed by atoms with Gasteiger partial charge >= 0.3 is 0 Å². The number of hydrogen-bond donors (Lipinski definition) is 3. The predicted octanol–water partition coefficient (Wildman–Crippen LogP) is 6.90. The van der Waals surface area contributed by atoms with Crippen LogP contribution < -0.4 is 16.0 Å². The van der Waals surface area contributed by atoms with E-state index in [9.17, 15) is 14.4 Å². The first-order valence-electron chi connectivity index (χ1n) is 12.1. The zero-order valence-electron chi connectivity index (χ0n) is 21.1. The van der Waals surface area contributed by atoms with Crippen molar-refractivity contribution in [3.8, 4) is 0 Å². The zero-order chi connectivity index (χ0) is 27.6. The Hall–Kier alpha value is -4.14. The molecule has 4 rings (SSSR count). The smallest absolute Gasteiger partial charge is 0.272 e. The fraction of sp³-hybridized carbons (Fsp3) is 0.0645. The fourth-order valence-electron chi connectivity index (χ4n) is 3.58. The molecule has 8 heteroatoms. The topological polar surface area (TPSA) is 87.3 Å². The lowest BCUT2D eigenvalue weighted by Gasteiger charge is -2.12. The summed E-state index contributed by atoms with van der Waals surface area (Å²) in [6, 6.07) is 31.0. The van der Waals surface area contributed by atoms with E-state index in [1.54, 1.807) is 42.5 Å². The maximum absolute atomic E-state index is 13.2. The van der Waals surface area contributed by atoms with Crippen LogP contribution in [0.15, 0.2) is 118 Å². The zero-order valence-corrected chi connectivity index (χ0v) is 23.5. The SMILES string of the molecule is Cc1ccccc1/C=C(\NC(=O)c1ccccc1)C(=O)Nc1ccc(SCC(=O)Nc2ccccc2Br)cc1. The number of rotatable bonds is 9. The third-order valence-electron chi connectivity index (χ3n) is 5.65. The van der Waals surface area contributed by atoms with E-state index in [0.29, 0.717) is 11.3 Å². The fourth-order valence-corrected chi connectivity index (χ4v) is 4.66. The summed E-state index contributed by atoms with van der Waals surface area (Å²) in [5.74, 6) is -0.708. The molecule has 0 heterocycles. The van der Waals surface area contributed by atoms with E-state index in [1.165, 1.54) is 11.8 Å². The van der Waals surface area contributed by atoms with Gasteiger partial charge in [0.25, 0.3) is 11.8 Å². The summed E-state index contributed by atoms with van der Waals surface area (Å²) in [4.78, 5) is 39.3. The number of nitrogens with one attached hydrogen (secondary N) is 3. The number of aryl methyl sites for hydroxylation is 1. The first-order chi connectivity index (χ1) is 18.9. The highest BCUT2D eigenvalue weighted by Gasteiger charge is 2.16. The molecule has 4 aromatic carbocycles. The van der Waals surface area contributed by atoms with Crippen molar-refractivity contribution in [2.75, 3.05) is 16.4 Å². The molecule has 0 bridgehead atoms. The number of carbonyl (C=O) groups excluding carboxylic acids is 3. The van der Waals surface area contributed by atoms with Gasteiger partial charge in [0.2, 0.25) is 5.91 Å². The number of hydrogen-bond acceptors (Lipinski definition) is 4. The largest absolute Gasteiger partial charge is 0.324 e. The molecular weight excluding hydrogens is 574 g/mol. The molecule has 0 radical (unpaired) electrons. The molecule has 0 aromatic heterocycles. The average molecular weight is 601 g/mol. The molecule has 196 valence electrons. The summed E-state index contributed by atoms with van der Waals surface area (Å²) in [6.45, 7) is 1.94. The molecule has 0 saturated heterocycles. The van der Waals surface area contributed by atoms with Crippen LogP contribution in [0.5, 0.6) is 0 Å². The van der Waals surface area contributed by atoms with Crippen LogP contribution in [0, 0.1) is 6.92 Å². The van der Waals surface area contributed by atoms with E-state index in [4.69, 9.17) is 0 Å². The lowest BCUT2D eigenvalue weighted by Crippen LogP contribution is -2.30. The summed E-state index contributed by atoms with van der Waals surface area (Å²) >= 11 is 4.81. The van der Waals surface area contributed by atoms with Gasteiger partial charge in [-0.1, -0.05) is 54.6 Å². The Kier molecular flexibility index (Phi) is 9.72. The number of benzene rings is 4. The lowest BCUT2D eigenvalue weighted by molar-refractivity contribution is -0.114. The minimum absolute atomic E-state index is 0.121. The van der Waals surface area contributed by atoms with Crippen LogP contribution in [0.1, 0.15) is 21.5 Å². The van der Waals surface area contributed by atoms with E-state index in [1.807, 2.05) is 73.7 Å². The Morgan fingerprint density at radius 3 is 2.18 bits per heavy atom. The van der Waals surface area contributed by atoms with Gasteiger partial charge in [-0.2, -0.15) is 0 Å². The van der Waals surface area contributed by atoms with Crippen molar-refractivity contribution in [1.82, 2.24) is 5.32 Å². The van der Waals surface area contributed by atoms with Crippen molar-refractivity contribution in [2.45, 2.75) is 11.8 Å². The second-order valence-electron chi connectivity index (χ2n) is 8.53. The molecular formula is C31H26BrN3O3S. The standard InChI is InChI=1S/C31H26BrN3O3S/c1-21-9-5-6-12-23(21)19-28(35-30(37)22-10-3-2-4-11-22)31(38)33-24-15-17-25(18-16-24)39-20-29(36)34-27-14-8-7-13-26(27)32/h2-19H,20H2,1H3,(H,33,38)(H,34,36)(H,35,37)/b28-19-. The Morgan fingerprint density at radius 1 is 0.795 bits per heavy atom. The second-order valence-corrected chi connectivity index (χ2v) is 10.4. The highest BCUT2D eigenvalue weighted by Crippen LogP contribution is 2.24. The molecule has 0 aliphatic carbocycles. The van der Waals surface area contributed by atoms with E-state index in [0.717, 1.165) is 26.2 Å². The molecule has 0 saturated carbocycles. The summed E-state index contributed by atoms with van der Waals surface area (Å²) in [5.41, 5.74) is 3.65. The van der Waals surface area contributed by atoms with E-state index in [-0.39, 0.29) is 23.3 Å². The molecule has 0 atom stereocenters. The van der Waals surface area contributed by atoms with Gasteiger partial charge in [-0.25, -0.2) is 0 Å². The van der Waals surface area contributed by atoms with Crippen LogP contribution in [0.4, 0.5) is 11.4 Å². The van der Waals surface area contributed by atoms with Crippen LogP contribution >= 0.6 is 27.7 Å². The molecule has 0 fully saturated rings. The van der Waals surface area contributed by atoms with Gasteiger partial charge in [-0.05, 0) is 88.6 Å². The van der Waals surface area contributed by atoms with Crippen LogP contribution in [-0.2, 0) is 9.59 Å². The first kappa shape index (κ1) is 27.9. The van der Waals surface area contributed by atoms with Gasteiger partial charge in [-0.3, -0.25) is 14.4 Å². The highest BCUT2D eigenvalue weighted by molar-refractivity contribution is 9.10. The summed E-state index contributed by atoms with van der Waals surface area (Å²) < 4.78 is 0.819. The van der Waals surface area contributed by atoms with Gasteiger partial charge in [0, 0.05) is 20.6 Å². The van der Waals surface area contributed by atoms with Gasteiger partial charge < -0.3 is 16.0 Å². The molecule has 39 heavy (non-hydrogen) atoms. The third-order valence-corrected chi connectivity index (χ3v) is 7.35. The molecule has 0 spiro atoms. The number of carbonyl (C=O) groups is 3. The third kappa shape index (κ3) is 8.17. The highest BCUT2D eigenvalue weighted by atomic mass is 79.9. The molecule has 6 nitrogen and oxygen atoms in total. The second kappa shape index (κ2) is 13.6. The molecule has 4 aromatic rings. The molecule has 3 N–H and O–H groups in total. The van der Waals surface area contributed by atoms with Crippen molar-refractivity contribution < 1.29 is 14.4 Å². The summed E-state index contributed by atoms with van der Waals surface area (Å²) in [7, 11) is 0. The maximum Gasteiger partial charge on any atom is 0.272 e. The van der Waals surface area contributed by atoms with Crippen molar-refractivity contribution in [2.24, 2.45) is 0 Å². The normalized spacial score (nSPS) is 11.0. The summed E-state index contributed by atoms with van der Waals surface area (Å²) in [6.07, 6.45) is 1.67. The van der Waals surface area contributed by atoms with Gasteiger partial charge in [0.1, 0.15) is 5.70 Å². The maximum atomic E-state index is 13.2. The minimum Gasteiger partial charge on any atom is -0.324 e. The summed E-state index contributed by atoms with van der Waals surface area (Å²) in [5, 5.41) is 8.49. The van der Waals surface area contributed by atoms with E-state index >= 15 is 0 Å². The molecule has 3 amide bonds. The van der Waals surface area contributed by atoms with Crippen molar-refractivity contribution in [1.29, 1.82) is 0 Å². The number of halogens is 1. The molecule has 0 aliphatic rings. The predicted molar refractivity (Wildman–Crippen MR) is 162 cm³/mol. The molecule has 0 unspecified atom stereocenters. The van der Waals surface area contributed by atoms with Crippen molar-refractivity contribution in [3.05, 3.63) is 130 Å². The van der Waals surface area contributed by atoms with Gasteiger partial charge in [0.05, 0.1) is 11.4 Å². The number of amides is 3. The quantitative estimate of drug-likeness (QED) is 0.144. The van der Waals surface area contributed by atoms with Crippen LogP contribution in [0.2, 0.25) is 0 Å². The van der Waals surface area contributed by atoms with Gasteiger partial charge in [-0.15, -0.1) is 11.8 Å². The first-order valence-corrected chi connectivity index (χ1v) is 13.9. The van der Waals surface area contributed by atoms with E-state index in [2.05, 4.69) is 31.9 Å². The van der Waals surface area contributed by atoms with E-state index < -0.39 is 5.91 Å². The van der Waals surface area contributed by atoms with Crippen molar-refractivity contribution >= 4 is 62.9 Å². The Balaban J connectivity index is 1.41. The number of anilines is 2. The van der Waals surface area contributed by atoms with Crippen LogP contribution in [-0.4, -0.2) is 23.5 Å². The molecule has 0 aliphatic heterocycles. The van der Waals surface area contributed by atoms with Crippen molar-refractivity contribution in [3.63, 3.8) is 0 Å². The monoisotopic (exact) mass is 599 g/mol. The van der Waals surface area contributed by atoms with Gasteiger partial charge in [0.15, 0.2) is 0 Å². The van der Waals surface area contributed by atoms with Crippen LogP contribution in [0.3, 0.4) is 0 Å². The Labute approximate surface area is 240 Å². The minimum atomic E-state index is -0.448. The average Bonchev–Trinajstić information content (AvgIpc) is 2.95. The number of thioether (sulfide) groups is 1. The lowest BCUT2D eigenvalue weighted by atomic mass is 10.1. The van der Waals surface area contributed by atoms with Crippen LogP contribution in [0.25, 0.3) is 6.08 Å².